The first-order valence-electron chi connectivity index (χ1n) is 12.5. The topological polar surface area (TPSA) is 160 Å². The van der Waals surface area contributed by atoms with E-state index < -0.39 is 50.1 Å². The number of hydrogen-bond donors (Lipinski definition) is 4. The summed E-state index contributed by atoms with van der Waals surface area (Å²) in [5, 5.41) is 19.8. The fourth-order valence-corrected chi connectivity index (χ4v) is 3.59. The van der Waals surface area contributed by atoms with E-state index >= 15 is 0 Å². The summed E-state index contributed by atoms with van der Waals surface area (Å²) in [5.41, 5.74) is 0. The molecular weight excluding hydrogens is 503 g/mol. The lowest BCUT2D eigenvalue weighted by Gasteiger charge is -2.17. The highest BCUT2D eigenvalue weighted by atomic mass is 31.2. The van der Waals surface area contributed by atoms with Crippen molar-refractivity contribution in [3.05, 3.63) is 60.1 Å². The van der Waals surface area contributed by atoms with Crippen LogP contribution in [0.2, 0.25) is 0 Å². The van der Waals surface area contributed by atoms with E-state index in [1.807, 2.05) is 12.2 Å². The van der Waals surface area contributed by atoms with Gasteiger partial charge in [-0.1, -0.05) is 68.4 Å². The molecule has 2 atom stereocenters. The molecular formula is C26H39O10P. The molecule has 1 rings (SSSR count). The third-order valence-electron chi connectivity index (χ3n) is 5.11. The Hall–Kier alpha value is -2.65. The maximum atomic E-state index is 11.8. The fourth-order valence-electron chi connectivity index (χ4n) is 3.19. The number of carbonyl (C=O) groups excluding carboxylic acids is 2. The normalized spacial score (nSPS) is 17.5. The summed E-state index contributed by atoms with van der Waals surface area (Å²) in [6, 6.07) is 0. The second-order valence-electron chi connectivity index (χ2n) is 8.35. The standard InChI is InChI=1S/C26H39O10P/c1-2-3-4-5-6-7-8-9-10-11-12-13-14-15-16-17-18-19-22(28)34-20-21(27)24-23(29)25(26(30)35-24)36-37(31,32)33/h6-7,9-10,12-13,15-16,21,24,27,29H,2-5,8,11,14,17-20H2,1H3,(H2,31,32,33)/b7-6-,10-9-,13-12-,16-15-/t21-,24+/m0/s1. The molecule has 0 aliphatic carbocycles. The molecule has 0 aromatic rings. The zero-order chi connectivity index (χ0) is 27.5. The Kier molecular flexibility index (Phi) is 16.3. The highest BCUT2D eigenvalue weighted by molar-refractivity contribution is 7.46. The van der Waals surface area contributed by atoms with Crippen molar-refractivity contribution in [2.45, 2.75) is 83.3 Å². The summed E-state index contributed by atoms with van der Waals surface area (Å²) in [7, 11) is -5.11. The molecule has 1 aliphatic heterocycles. The van der Waals surface area contributed by atoms with Gasteiger partial charge in [0.15, 0.2) is 11.9 Å². The van der Waals surface area contributed by atoms with Crippen molar-refractivity contribution in [2.75, 3.05) is 6.61 Å². The average molecular weight is 543 g/mol. The third-order valence-corrected chi connectivity index (χ3v) is 5.53. The summed E-state index contributed by atoms with van der Waals surface area (Å²) in [6.07, 6.45) is 22.5. The fraction of sp³-hybridized carbons (Fsp3) is 0.538. The highest BCUT2D eigenvalue weighted by Crippen LogP contribution is 2.42. The summed E-state index contributed by atoms with van der Waals surface area (Å²) in [5.74, 6) is -4.02. The number of phosphoric ester groups is 1. The Morgan fingerprint density at radius 3 is 2.05 bits per heavy atom. The van der Waals surface area contributed by atoms with Crippen LogP contribution in [-0.2, 0) is 28.2 Å². The minimum absolute atomic E-state index is 0.101. The lowest BCUT2D eigenvalue weighted by Crippen LogP contribution is -2.33. The molecule has 4 N–H and O–H groups in total. The van der Waals surface area contributed by atoms with Gasteiger partial charge in [-0.3, -0.25) is 14.6 Å². The molecule has 0 fully saturated rings. The maximum Gasteiger partial charge on any atom is 0.525 e. The Morgan fingerprint density at radius 2 is 1.51 bits per heavy atom. The SMILES string of the molecule is CCCCC/C=C\C/C=C\C/C=C\C/C=C\CCCC(=O)OC[C@H](O)[C@H]1OC(=O)C(OP(=O)(O)O)=C1O. The minimum Gasteiger partial charge on any atom is -0.505 e. The quantitative estimate of drug-likeness (QED) is 0.0769. The average Bonchev–Trinajstić information content (AvgIpc) is 3.11. The van der Waals surface area contributed by atoms with Gasteiger partial charge in [0.05, 0.1) is 0 Å². The first kappa shape index (κ1) is 32.4. The molecule has 10 nitrogen and oxygen atoms in total. The summed E-state index contributed by atoms with van der Waals surface area (Å²) in [4.78, 5) is 40.9. The van der Waals surface area contributed by atoms with Gasteiger partial charge in [0.1, 0.15) is 12.7 Å². The van der Waals surface area contributed by atoms with E-state index in [9.17, 15) is 24.4 Å². The Balaban J connectivity index is 2.14. The van der Waals surface area contributed by atoms with Gasteiger partial charge in [0.25, 0.3) is 5.76 Å². The number of rotatable bonds is 19. The van der Waals surface area contributed by atoms with Crippen LogP contribution in [0.3, 0.4) is 0 Å². The highest BCUT2D eigenvalue weighted by Gasteiger charge is 2.43. The number of cyclic esters (lactones) is 1. The second kappa shape index (κ2) is 18.6. The Labute approximate surface area is 218 Å². The van der Waals surface area contributed by atoms with Gasteiger partial charge >= 0.3 is 19.8 Å². The van der Waals surface area contributed by atoms with E-state index in [-0.39, 0.29) is 6.42 Å². The second-order valence-corrected chi connectivity index (χ2v) is 9.52. The molecule has 37 heavy (non-hydrogen) atoms. The first-order valence-corrected chi connectivity index (χ1v) is 14.0. The summed E-state index contributed by atoms with van der Waals surface area (Å²) in [6.45, 7) is 1.61. The zero-order valence-electron chi connectivity index (χ0n) is 21.2. The van der Waals surface area contributed by atoms with Gasteiger partial charge in [-0.15, -0.1) is 0 Å². The minimum atomic E-state index is -5.11. The lowest BCUT2D eigenvalue weighted by atomic mass is 10.2. The Bertz CT molecular complexity index is 897. The van der Waals surface area contributed by atoms with Crippen LogP contribution in [-0.4, -0.2) is 50.8 Å². The van der Waals surface area contributed by atoms with Gasteiger partial charge in [-0.2, -0.15) is 0 Å². The smallest absolute Gasteiger partial charge is 0.505 e. The first-order chi connectivity index (χ1) is 17.7. The predicted molar refractivity (Wildman–Crippen MR) is 138 cm³/mol. The zero-order valence-corrected chi connectivity index (χ0v) is 22.1. The van der Waals surface area contributed by atoms with Crippen LogP contribution >= 0.6 is 7.82 Å². The molecule has 0 bridgehead atoms. The van der Waals surface area contributed by atoms with Crippen LogP contribution < -0.4 is 0 Å². The third kappa shape index (κ3) is 15.3. The van der Waals surface area contributed by atoms with E-state index in [0.29, 0.717) is 12.8 Å². The van der Waals surface area contributed by atoms with Gasteiger partial charge < -0.3 is 24.2 Å². The van der Waals surface area contributed by atoms with Crippen LogP contribution in [0, 0.1) is 0 Å². The number of esters is 2. The number of carbonyl (C=O) groups is 2. The lowest BCUT2D eigenvalue weighted by molar-refractivity contribution is -0.154. The van der Waals surface area contributed by atoms with Gasteiger partial charge in [0.2, 0.25) is 0 Å². The molecule has 0 saturated carbocycles. The van der Waals surface area contributed by atoms with E-state index in [2.05, 4.69) is 52.6 Å². The van der Waals surface area contributed by atoms with Crippen molar-refractivity contribution in [3.63, 3.8) is 0 Å². The largest absolute Gasteiger partial charge is 0.525 e. The van der Waals surface area contributed by atoms with Crippen molar-refractivity contribution < 1.29 is 48.2 Å². The van der Waals surface area contributed by atoms with Crippen LogP contribution in [0.15, 0.2) is 60.1 Å². The maximum absolute atomic E-state index is 11.8. The van der Waals surface area contributed by atoms with E-state index in [1.165, 1.54) is 19.3 Å². The van der Waals surface area contributed by atoms with Crippen LogP contribution in [0.1, 0.15) is 71.1 Å². The van der Waals surface area contributed by atoms with E-state index in [4.69, 9.17) is 14.5 Å². The molecule has 0 amide bonds. The molecule has 0 radical (unpaired) electrons. The van der Waals surface area contributed by atoms with Gasteiger partial charge in [-0.25, -0.2) is 9.36 Å². The van der Waals surface area contributed by atoms with Crippen LogP contribution in [0.25, 0.3) is 0 Å². The Morgan fingerprint density at radius 1 is 0.973 bits per heavy atom. The summed E-state index contributed by atoms with van der Waals surface area (Å²) >= 11 is 0. The number of unbranched alkanes of at least 4 members (excludes halogenated alkanes) is 4. The van der Waals surface area contributed by atoms with Crippen LogP contribution in [0.4, 0.5) is 0 Å². The number of allylic oxidation sites excluding steroid dienone is 8. The van der Waals surface area contributed by atoms with E-state index in [0.717, 1.165) is 25.7 Å². The predicted octanol–water partition coefficient (Wildman–Crippen LogP) is 4.84. The molecule has 0 unspecified atom stereocenters. The molecule has 0 aromatic heterocycles. The molecule has 0 spiro atoms. The monoisotopic (exact) mass is 542 g/mol. The van der Waals surface area contributed by atoms with Crippen molar-refractivity contribution in [2.24, 2.45) is 0 Å². The molecule has 11 heteroatoms. The van der Waals surface area contributed by atoms with Gasteiger partial charge in [0, 0.05) is 6.42 Å². The van der Waals surface area contributed by atoms with Crippen molar-refractivity contribution >= 4 is 19.8 Å². The number of phosphoric acid groups is 1. The molecule has 208 valence electrons. The number of aliphatic hydroxyl groups is 2. The van der Waals surface area contributed by atoms with Crippen molar-refractivity contribution in [1.29, 1.82) is 0 Å². The van der Waals surface area contributed by atoms with Crippen molar-refractivity contribution in [3.8, 4) is 0 Å². The molecule has 1 aliphatic rings. The number of aliphatic hydroxyl groups excluding tert-OH is 2. The number of ether oxygens (including phenoxy) is 2. The number of hydrogen-bond acceptors (Lipinski definition) is 8. The van der Waals surface area contributed by atoms with Gasteiger partial charge in [-0.05, 0) is 44.9 Å². The van der Waals surface area contributed by atoms with E-state index in [1.54, 1.807) is 0 Å². The summed E-state index contributed by atoms with van der Waals surface area (Å²) < 4.78 is 24.4. The molecule has 1 heterocycles. The molecule has 0 saturated heterocycles. The van der Waals surface area contributed by atoms with Crippen LogP contribution in [0.5, 0.6) is 0 Å². The van der Waals surface area contributed by atoms with Crippen molar-refractivity contribution in [1.82, 2.24) is 0 Å². The molecule has 0 aromatic carbocycles.